The fraction of sp³-hybridized carbons (Fsp3) is 0.267. The van der Waals surface area contributed by atoms with Crippen molar-refractivity contribution in [3.63, 3.8) is 0 Å². The predicted octanol–water partition coefficient (Wildman–Crippen LogP) is 6.40. The molecule has 2 aromatic carbocycles. The molecule has 0 unspecified atom stereocenters. The van der Waals surface area contributed by atoms with Crippen LogP contribution in [0.4, 0.5) is 13.2 Å². The molecule has 210 valence electrons. The standard InChI is InChI=1S/C30H25ClF3N5O2/c31-20-15-23(27(36-16-20)30(32,33)34)28(40)37-21-9-7-18(8-10-21)17-38-25-5-1-2-6-26(25)39(29(38)41)22-11-12-24-19(14-22)4-3-13-35-24/h1-6,11-16,18,21H,7-10,17H2,(H,37,40). The molecule has 3 heterocycles. The number of para-hydroxylation sites is 2. The van der Waals surface area contributed by atoms with Gasteiger partial charge in [-0.25, -0.2) is 9.78 Å². The predicted molar refractivity (Wildman–Crippen MR) is 150 cm³/mol. The molecule has 11 heteroatoms. The Labute approximate surface area is 237 Å². The maximum Gasteiger partial charge on any atom is 0.434 e. The summed E-state index contributed by atoms with van der Waals surface area (Å²) in [4.78, 5) is 34.2. The molecule has 6 rings (SSSR count). The number of amides is 1. The van der Waals surface area contributed by atoms with Gasteiger partial charge in [-0.2, -0.15) is 13.2 Å². The van der Waals surface area contributed by atoms with Crippen LogP contribution in [-0.2, 0) is 12.7 Å². The smallest absolute Gasteiger partial charge is 0.349 e. The maximum atomic E-state index is 13.8. The van der Waals surface area contributed by atoms with Crippen LogP contribution in [0, 0.1) is 5.92 Å². The van der Waals surface area contributed by atoms with E-state index in [4.69, 9.17) is 11.6 Å². The summed E-state index contributed by atoms with van der Waals surface area (Å²) in [6.07, 6.45) is 0.409. The van der Waals surface area contributed by atoms with Crippen molar-refractivity contribution in [3.8, 4) is 5.69 Å². The van der Waals surface area contributed by atoms with Gasteiger partial charge in [0, 0.05) is 30.4 Å². The zero-order valence-corrected chi connectivity index (χ0v) is 22.5. The maximum absolute atomic E-state index is 13.8. The number of carbonyl (C=O) groups excluding carboxylic acids is 1. The van der Waals surface area contributed by atoms with Gasteiger partial charge in [0.25, 0.3) is 5.91 Å². The van der Waals surface area contributed by atoms with E-state index in [1.54, 1.807) is 15.3 Å². The summed E-state index contributed by atoms with van der Waals surface area (Å²) in [5, 5.41) is 3.62. The highest BCUT2D eigenvalue weighted by Gasteiger charge is 2.38. The number of benzene rings is 2. The van der Waals surface area contributed by atoms with Crippen LogP contribution in [0.3, 0.4) is 0 Å². The van der Waals surface area contributed by atoms with Crippen molar-refractivity contribution in [1.29, 1.82) is 0 Å². The molecule has 1 saturated carbocycles. The van der Waals surface area contributed by atoms with Gasteiger partial charge in [-0.15, -0.1) is 0 Å². The minimum Gasteiger partial charge on any atom is -0.349 e. The molecular formula is C30H25ClF3N5O2. The van der Waals surface area contributed by atoms with E-state index in [0.717, 1.165) is 39.9 Å². The lowest BCUT2D eigenvalue weighted by Gasteiger charge is -2.29. The molecule has 7 nitrogen and oxygen atoms in total. The SMILES string of the molecule is O=C(NC1CCC(Cn2c(=O)n(-c3ccc4ncccc4c3)c3ccccc32)CC1)c1cc(Cl)cnc1C(F)(F)F. The lowest BCUT2D eigenvalue weighted by Crippen LogP contribution is -2.39. The number of halogens is 4. The molecule has 5 aromatic rings. The number of alkyl halides is 3. The second-order valence-electron chi connectivity index (χ2n) is 10.3. The van der Waals surface area contributed by atoms with Crippen LogP contribution in [0.15, 0.2) is 77.9 Å². The lowest BCUT2D eigenvalue weighted by atomic mass is 9.85. The van der Waals surface area contributed by atoms with Crippen LogP contribution in [-0.4, -0.2) is 31.1 Å². The number of hydrogen-bond donors (Lipinski definition) is 1. The van der Waals surface area contributed by atoms with Gasteiger partial charge in [0.05, 0.1) is 32.8 Å². The first-order valence-electron chi connectivity index (χ1n) is 13.3. The van der Waals surface area contributed by atoms with Crippen molar-refractivity contribution in [2.75, 3.05) is 0 Å². The number of nitrogens with one attached hydrogen (secondary N) is 1. The molecule has 0 atom stereocenters. The van der Waals surface area contributed by atoms with E-state index < -0.39 is 23.3 Å². The topological polar surface area (TPSA) is 81.8 Å². The molecule has 1 N–H and O–H groups in total. The molecule has 0 aliphatic heterocycles. The normalized spacial score (nSPS) is 17.7. The Hall–Kier alpha value is -4.18. The van der Waals surface area contributed by atoms with E-state index in [2.05, 4.69) is 15.3 Å². The number of rotatable bonds is 5. The van der Waals surface area contributed by atoms with Crippen LogP contribution >= 0.6 is 11.6 Å². The van der Waals surface area contributed by atoms with Crippen molar-refractivity contribution >= 4 is 39.4 Å². The van der Waals surface area contributed by atoms with Crippen molar-refractivity contribution in [2.45, 2.75) is 44.4 Å². The Kier molecular flexibility index (Phi) is 7.03. The number of aromatic nitrogens is 4. The summed E-state index contributed by atoms with van der Waals surface area (Å²) in [6, 6.07) is 17.9. The lowest BCUT2D eigenvalue weighted by molar-refractivity contribution is -0.141. The Morgan fingerprint density at radius 2 is 1.73 bits per heavy atom. The van der Waals surface area contributed by atoms with E-state index in [1.165, 1.54) is 0 Å². The highest BCUT2D eigenvalue weighted by atomic mass is 35.5. The molecule has 41 heavy (non-hydrogen) atoms. The third-order valence-corrected chi connectivity index (χ3v) is 7.88. The van der Waals surface area contributed by atoms with Crippen LogP contribution in [0.1, 0.15) is 41.7 Å². The summed E-state index contributed by atoms with van der Waals surface area (Å²) in [7, 11) is 0. The van der Waals surface area contributed by atoms with Gasteiger partial charge in [0.15, 0.2) is 5.69 Å². The zero-order valence-electron chi connectivity index (χ0n) is 21.7. The second kappa shape index (κ2) is 10.7. The van der Waals surface area contributed by atoms with E-state index in [9.17, 15) is 22.8 Å². The first kappa shape index (κ1) is 27.0. The molecule has 0 saturated heterocycles. The van der Waals surface area contributed by atoms with E-state index in [-0.39, 0.29) is 22.7 Å². The van der Waals surface area contributed by atoms with Crippen molar-refractivity contribution in [3.05, 3.63) is 99.8 Å². The highest BCUT2D eigenvalue weighted by molar-refractivity contribution is 6.30. The Morgan fingerprint density at radius 3 is 2.49 bits per heavy atom. The van der Waals surface area contributed by atoms with Gasteiger partial charge in [-0.1, -0.05) is 29.8 Å². The van der Waals surface area contributed by atoms with Gasteiger partial charge in [-0.05, 0) is 74.1 Å². The Balaban J connectivity index is 1.19. The van der Waals surface area contributed by atoms with Crippen molar-refractivity contribution < 1.29 is 18.0 Å². The second-order valence-corrected chi connectivity index (χ2v) is 10.8. The van der Waals surface area contributed by atoms with Crippen LogP contribution in [0.2, 0.25) is 5.02 Å². The van der Waals surface area contributed by atoms with Crippen LogP contribution in [0.5, 0.6) is 0 Å². The third-order valence-electron chi connectivity index (χ3n) is 7.67. The van der Waals surface area contributed by atoms with E-state index >= 15 is 0 Å². The quantitative estimate of drug-likeness (QED) is 0.261. The first-order valence-corrected chi connectivity index (χ1v) is 13.7. The van der Waals surface area contributed by atoms with Crippen LogP contribution < -0.4 is 11.0 Å². The number of pyridine rings is 2. The summed E-state index contributed by atoms with van der Waals surface area (Å²) < 4.78 is 43.7. The fourth-order valence-corrected chi connectivity index (χ4v) is 5.84. The van der Waals surface area contributed by atoms with Gasteiger partial charge < -0.3 is 5.32 Å². The minimum atomic E-state index is -4.77. The van der Waals surface area contributed by atoms with Crippen molar-refractivity contribution in [2.24, 2.45) is 5.92 Å². The molecule has 0 radical (unpaired) electrons. The fourth-order valence-electron chi connectivity index (χ4n) is 5.69. The van der Waals surface area contributed by atoms with Gasteiger partial charge >= 0.3 is 11.9 Å². The van der Waals surface area contributed by atoms with Crippen LogP contribution in [0.25, 0.3) is 27.6 Å². The number of imidazole rings is 1. The van der Waals surface area contributed by atoms with E-state index in [1.807, 2.05) is 54.6 Å². The molecule has 0 spiro atoms. The largest absolute Gasteiger partial charge is 0.434 e. The zero-order chi connectivity index (χ0) is 28.7. The van der Waals surface area contributed by atoms with Gasteiger partial charge in [0.1, 0.15) is 0 Å². The molecule has 1 fully saturated rings. The highest BCUT2D eigenvalue weighted by Crippen LogP contribution is 2.32. The summed E-state index contributed by atoms with van der Waals surface area (Å²) in [6.45, 7) is 0.499. The Bertz CT molecular complexity index is 1820. The number of nitrogens with zero attached hydrogens (tertiary/aromatic N) is 4. The third kappa shape index (κ3) is 5.31. The summed E-state index contributed by atoms with van der Waals surface area (Å²) >= 11 is 5.83. The number of fused-ring (bicyclic) bond motifs is 2. The minimum absolute atomic E-state index is 0.0446. The summed E-state index contributed by atoms with van der Waals surface area (Å²) in [5.74, 6) is -0.680. The first-order chi connectivity index (χ1) is 19.7. The molecule has 3 aromatic heterocycles. The van der Waals surface area contributed by atoms with Gasteiger partial charge in [-0.3, -0.25) is 18.9 Å². The number of carbonyl (C=O) groups is 1. The van der Waals surface area contributed by atoms with E-state index in [0.29, 0.717) is 32.2 Å². The molecule has 1 aliphatic rings. The molecule has 1 aliphatic carbocycles. The van der Waals surface area contributed by atoms with Gasteiger partial charge in [0.2, 0.25) is 0 Å². The Morgan fingerprint density at radius 1 is 0.976 bits per heavy atom. The number of hydrogen-bond acceptors (Lipinski definition) is 4. The average Bonchev–Trinajstić information content (AvgIpc) is 3.23. The molecule has 1 amide bonds. The average molecular weight is 580 g/mol. The molecular weight excluding hydrogens is 555 g/mol. The monoisotopic (exact) mass is 579 g/mol. The molecule has 0 bridgehead atoms. The summed E-state index contributed by atoms with van der Waals surface area (Å²) in [5.41, 5.74) is 1.24. The van der Waals surface area contributed by atoms with Crippen molar-refractivity contribution in [1.82, 2.24) is 24.4 Å².